The minimum absolute atomic E-state index is 0.0838. The molecule has 3 nitrogen and oxygen atoms in total. The van der Waals surface area contributed by atoms with Gasteiger partial charge < -0.3 is 10.6 Å². The predicted octanol–water partition coefficient (Wildman–Crippen LogP) is -0.656. The maximum absolute atomic E-state index is 10.7. The van der Waals surface area contributed by atoms with Gasteiger partial charge in [0.25, 0.3) is 0 Å². The Morgan fingerprint density at radius 1 is 1.78 bits per heavy atom. The molecule has 3 heteroatoms. The molecule has 0 aromatic rings. The van der Waals surface area contributed by atoms with Crippen molar-refractivity contribution in [1.82, 2.24) is 4.90 Å². The molecule has 0 spiro atoms. The molecule has 9 heavy (non-hydrogen) atoms. The van der Waals surface area contributed by atoms with Crippen molar-refractivity contribution in [3.05, 3.63) is 12.2 Å². The van der Waals surface area contributed by atoms with Crippen molar-refractivity contribution in [1.29, 1.82) is 0 Å². The highest BCUT2D eigenvalue weighted by atomic mass is 16.2. The normalized spacial score (nSPS) is 17.4. The number of rotatable bonds is 2. The molecule has 0 radical (unpaired) electrons. The van der Waals surface area contributed by atoms with Crippen LogP contribution in [0.15, 0.2) is 12.2 Å². The van der Waals surface area contributed by atoms with Gasteiger partial charge in [0.2, 0.25) is 5.91 Å². The average molecular weight is 126 g/mol. The van der Waals surface area contributed by atoms with E-state index in [-0.39, 0.29) is 5.91 Å². The van der Waals surface area contributed by atoms with Crippen LogP contribution >= 0.6 is 0 Å². The monoisotopic (exact) mass is 126 g/mol. The van der Waals surface area contributed by atoms with E-state index in [9.17, 15) is 4.79 Å². The van der Waals surface area contributed by atoms with E-state index in [1.165, 1.54) is 0 Å². The fraction of sp³-hybridized carbons (Fsp3) is 0.500. The van der Waals surface area contributed by atoms with Crippen LogP contribution in [-0.2, 0) is 4.79 Å². The Bertz CT molecular complexity index is 142. The van der Waals surface area contributed by atoms with Crippen molar-refractivity contribution in [3.63, 3.8) is 0 Å². The lowest BCUT2D eigenvalue weighted by molar-refractivity contribution is -0.124. The molecule has 0 fully saturated rings. The van der Waals surface area contributed by atoms with Crippen molar-refractivity contribution < 1.29 is 4.79 Å². The molecule has 50 valence electrons. The lowest BCUT2D eigenvalue weighted by Crippen LogP contribution is -2.30. The van der Waals surface area contributed by atoms with Gasteiger partial charge in [-0.15, -0.1) is 0 Å². The fourth-order valence-corrected chi connectivity index (χ4v) is 0.833. The Morgan fingerprint density at radius 2 is 2.56 bits per heavy atom. The van der Waals surface area contributed by atoms with Gasteiger partial charge in [-0.1, -0.05) is 6.08 Å². The van der Waals surface area contributed by atoms with Gasteiger partial charge in [0, 0.05) is 25.7 Å². The Balaban J connectivity index is 2.37. The van der Waals surface area contributed by atoms with Crippen LogP contribution in [0, 0.1) is 0 Å². The second-order valence-electron chi connectivity index (χ2n) is 1.98. The third-order valence-corrected chi connectivity index (χ3v) is 1.30. The molecule has 0 aromatic carbocycles. The first kappa shape index (κ1) is 6.29. The molecule has 1 heterocycles. The summed E-state index contributed by atoms with van der Waals surface area (Å²) < 4.78 is 0. The van der Waals surface area contributed by atoms with Crippen molar-refractivity contribution in [2.45, 2.75) is 0 Å². The van der Waals surface area contributed by atoms with Gasteiger partial charge in [-0.2, -0.15) is 0 Å². The first-order valence-corrected chi connectivity index (χ1v) is 3.00. The summed E-state index contributed by atoms with van der Waals surface area (Å²) in [5.74, 6) is 0.0838. The van der Waals surface area contributed by atoms with Crippen LogP contribution < -0.4 is 5.73 Å². The molecule has 2 N–H and O–H groups in total. The van der Waals surface area contributed by atoms with Crippen LogP contribution in [0.25, 0.3) is 0 Å². The van der Waals surface area contributed by atoms with E-state index in [2.05, 4.69) is 0 Å². The first-order valence-electron chi connectivity index (χ1n) is 3.00. The summed E-state index contributed by atoms with van der Waals surface area (Å²) in [4.78, 5) is 12.5. The Kier molecular flexibility index (Phi) is 1.85. The zero-order chi connectivity index (χ0) is 6.69. The quantitative estimate of drug-likeness (QED) is 0.534. The SMILES string of the molecule is NCCN1CC=CC1=O. The van der Waals surface area contributed by atoms with Crippen molar-refractivity contribution in [3.8, 4) is 0 Å². The summed E-state index contributed by atoms with van der Waals surface area (Å²) >= 11 is 0. The van der Waals surface area contributed by atoms with Crippen molar-refractivity contribution in [2.75, 3.05) is 19.6 Å². The van der Waals surface area contributed by atoms with Crippen LogP contribution in [0.2, 0.25) is 0 Å². The standard InChI is InChI=1S/C6H10N2O/c7-3-5-8-4-1-2-6(8)9/h1-2H,3-5,7H2. The predicted molar refractivity (Wildman–Crippen MR) is 34.8 cm³/mol. The summed E-state index contributed by atoms with van der Waals surface area (Å²) in [6.07, 6.45) is 3.42. The number of carbonyl (C=O) groups excluding carboxylic acids is 1. The molecular formula is C6H10N2O. The maximum Gasteiger partial charge on any atom is 0.246 e. The number of nitrogens with zero attached hydrogens (tertiary/aromatic N) is 1. The zero-order valence-corrected chi connectivity index (χ0v) is 5.21. The molecule has 0 aromatic heterocycles. The van der Waals surface area contributed by atoms with Crippen molar-refractivity contribution >= 4 is 5.91 Å². The molecular weight excluding hydrogens is 116 g/mol. The lowest BCUT2D eigenvalue weighted by atomic mass is 10.5. The average Bonchev–Trinajstić information content (AvgIpc) is 2.18. The molecule has 0 bridgehead atoms. The highest BCUT2D eigenvalue weighted by Crippen LogP contribution is 1.98. The van der Waals surface area contributed by atoms with Crippen LogP contribution in [-0.4, -0.2) is 30.4 Å². The molecule has 0 unspecified atom stereocenters. The molecule has 0 saturated carbocycles. The van der Waals surface area contributed by atoms with E-state index in [1.54, 1.807) is 11.0 Å². The molecule has 0 aliphatic carbocycles. The van der Waals surface area contributed by atoms with E-state index in [1.807, 2.05) is 6.08 Å². The van der Waals surface area contributed by atoms with E-state index < -0.39 is 0 Å². The largest absolute Gasteiger partial charge is 0.334 e. The number of nitrogens with two attached hydrogens (primary N) is 1. The van der Waals surface area contributed by atoms with Crippen LogP contribution in [0.4, 0.5) is 0 Å². The second-order valence-corrected chi connectivity index (χ2v) is 1.98. The topological polar surface area (TPSA) is 46.3 Å². The third-order valence-electron chi connectivity index (χ3n) is 1.30. The molecule has 1 amide bonds. The minimum Gasteiger partial charge on any atom is -0.334 e. The lowest BCUT2D eigenvalue weighted by Gasteiger charge is -2.12. The van der Waals surface area contributed by atoms with Crippen LogP contribution in [0.5, 0.6) is 0 Å². The van der Waals surface area contributed by atoms with E-state index in [4.69, 9.17) is 5.73 Å². The Hall–Kier alpha value is -0.830. The number of hydrogen-bond donors (Lipinski definition) is 1. The summed E-state index contributed by atoms with van der Waals surface area (Å²) in [6, 6.07) is 0. The van der Waals surface area contributed by atoms with Gasteiger partial charge in [0.05, 0.1) is 0 Å². The molecule has 0 saturated heterocycles. The fourth-order valence-electron chi connectivity index (χ4n) is 0.833. The smallest absolute Gasteiger partial charge is 0.246 e. The van der Waals surface area contributed by atoms with Crippen molar-refractivity contribution in [2.24, 2.45) is 5.73 Å². The van der Waals surface area contributed by atoms with Gasteiger partial charge in [-0.05, 0) is 0 Å². The van der Waals surface area contributed by atoms with Gasteiger partial charge in [0.1, 0.15) is 0 Å². The highest BCUT2D eigenvalue weighted by Gasteiger charge is 2.11. The zero-order valence-electron chi connectivity index (χ0n) is 5.21. The summed E-state index contributed by atoms with van der Waals surface area (Å²) in [5.41, 5.74) is 5.25. The number of hydrogen-bond acceptors (Lipinski definition) is 2. The summed E-state index contributed by atoms with van der Waals surface area (Å²) in [6.45, 7) is 1.95. The Morgan fingerprint density at radius 3 is 3.00 bits per heavy atom. The van der Waals surface area contributed by atoms with Crippen LogP contribution in [0.1, 0.15) is 0 Å². The van der Waals surface area contributed by atoms with Gasteiger partial charge in [0.15, 0.2) is 0 Å². The molecule has 1 rings (SSSR count). The van der Waals surface area contributed by atoms with E-state index in [0.29, 0.717) is 13.1 Å². The molecule has 0 atom stereocenters. The molecule has 1 aliphatic heterocycles. The summed E-state index contributed by atoms with van der Waals surface area (Å²) in [7, 11) is 0. The Labute approximate surface area is 54.1 Å². The van der Waals surface area contributed by atoms with Gasteiger partial charge in [-0.25, -0.2) is 0 Å². The highest BCUT2D eigenvalue weighted by molar-refractivity contribution is 5.89. The third kappa shape index (κ3) is 1.29. The minimum atomic E-state index is 0.0838. The van der Waals surface area contributed by atoms with E-state index in [0.717, 1.165) is 6.54 Å². The van der Waals surface area contributed by atoms with E-state index >= 15 is 0 Å². The number of amides is 1. The first-order chi connectivity index (χ1) is 4.34. The number of carbonyl (C=O) groups is 1. The second kappa shape index (κ2) is 2.64. The van der Waals surface area contributed by atoms with Crippen LogP contribution in [0.3, 0.4) is 0 Å². The summed E-state index contributed by atoms with van der Waals surface area (Å²) in [5, 5.41) is 0. The maximum atomic E-state index is 10.7. The molecule has 1 aliphatic rings. The van der Waals surface area contributed by atoms with Gasteiger partial charge in [-0.3, -0.25) is 4.79 Å². The van der Waals surface area contributed by atoms with Gasteiger partial charge >= 0.3 is 0 Å².